The van der Waals surface area contributed by atoms with Gasteiger partial charge in [-0.15, -0.1) is 0 Å². The maximum absolute atomic E-state index is 12.6. The Labute approximate surface area is 120 Å². The molecule has 0 aliphatic carbocycles. The van der Waals surface area contributed by atoms with Gasteiger partial charge < -0.3 is 15.4 Å². The molecule has 1 amide bonds. The van der Waals surface area contributed by atoms with Crippen molar-refractivity contribution in [2.75, 3.05) is 18.5 Å². The number of hydrogen-bond donors (Lipinski definition) is 2. The van der Waals surface area contributed by atoms with Crippen LogP contribution in [-0.2, 0) is 4.79 Å². The van der Waals surface area contributed by atoms with Crippen molar-refractivity contribution in [2.24, 2.45) is 0 Å². The van der Waals surface area contributed by atoms with Crippen LogP contribution in [0.1, 0.15) is 39.5 Å². The number of nitrogens with one attached hydrogen (secondary N) is 2. The van der Waals surface area contributed by atoms with Crippen LogP contribution in [0.5, 0.6) is 5.88 Å². The Balaban J connectivity index is 2.14. The van der Waals surface area contributed by atoms with E-state index in [2.05, 4.69) is 22.5 Å². The summed E-state index contributed by atoms with van der Waals surface area (Å²) in [5, 5.41) is 6.34. The quantitative estimate of drug-likeness (QED) is 0.837. The molecule has 2 N–H and O–H groups in total. The van der Waals surface area contributed by atoms with Crippen molar-refractivity contribution < 1.29 is 9.53 Å². The van der Waals surface area contributed by atoms with Crippen molar-refractivity contribution in [2.45, 2.75) is 45.1 Å². The second-order valence-electron chi connectivity index (χ2n) is 5.11. The molecule has 0 bridgehead atoms. The van der Waals surface area contributed by atoms with Crippen LogP contribution in [0.25, 0.3) is 0 Å². The third kappa shape index (κ3) is 3.10. The fourth-order valence-corrected chi connectivity index (χ4v) is 2.73. The van der Waals surface area contributed by atoms with Crippen LogP contribution < -0.4 is 15.4 Å². The fraction of sp³-hybridized carbons (Fsp3) is 0.600. The number of aromatic nitrogens is 1. The number of carbonyl (C=O) groups excluding carboxylic acids is 1. The smallest absolute Gasteiger partial charge is 0.244 e. The van der Waals surface area contributed by atoms with E-state index in [-0.39, 0.29) is 5.91 Å². The molecule has 20 heavy (non-hydrogen) atoms. The number of amides is 1. The van der Waals surface area contributed by atoms with Gasteiger partial charge in [0.2, 0.25) is 11.8 Å². The summed E-state index contributed by atoms with van der Waals surface area (Å²) in [6.45, 7) is 5.43. The van der Waals surface area contributed by atoms with Crippen LogP contribution in [0.2, 0.25) is 0 Å². The second kappa shape index (κ2) is 6.70. The number of nitrogens with zero attached hydrogens (tertiary/aromatic N) is 1. The maximum Gasteiger partial charge on any atom is 0.244 e. The van der Waals surface area contributed by atoms with Crippen LogP contribution in [0.3, 0.4) is 0 Å². The predicted molar refractivity (Wildman–Crippen MR) is 78.9 cm³/mol. The number of anilines is 1. The van der Waals surface area contributed by atoms with Crippen LogP contribution in [-0.4, -0.2) is 29.6 Å². The van der Waals surface area contributed by atoms with Crippen molar-refractivity contribution in [3.63, 3.8) is 0 Å². The van der Waals surface area contributed by atoms with Gasteiger partial charge in [-0.1, -0.05) is 13.3 Å². The van der Waals surface area contributed by atoms with E-state index in [1.165, 1.54) is 0 Å². The van der Waals surface area contributed by atoms with Crippen LogP contribution in [0.4, 0.5) is 5.69 Å². The first kappa shape index (κ1) is 14.8. The summed E-state index contributed by atoms with van der Waals surface area (Å²) in [6, 6.07) is 3.62. The topological polar surface area (TPSA) is 63.2 Å². The normalized spacial score (nSPS) is 21.7. The Kier molecular flexibility index (Phi) is 4.95. The van der Waals surface area contributed by atoms with Gasteiger partial charge in [-0.25, -0.2) is 4.98 Å². The molecule has 2 heterocycles. The van der Waals surface area contributed by atoms with Gasteiger partial charge in [0, 0.05) is 6.20 Å². The largest absolute Gasteiger partial charge is 0.476 e. The molecule has 5 heteroatoms. The molecular formula is C15H23N3O2. The van der Waals surface area contributed by atoms with E-state index in [1.807, 2.05) is 13.0 Å². The van der Waals surface area contributed by atoms with E-state index >= 15 is 0 Å². The van der Waals surface area contributed by atoms with Crippen molar-refractivity contribution in [1.29, 1.82) is 0 Å². The van der Waals surface area contributed by atoms with Gasteiger partial charge in [0.15, 0.2) is 0 Å². The van der Waals surface area contributed by atoms with E-state index in [1.54, 1.807) is 12.3 Å². The summed E-state index contributed by atoms with van der Waals surface area (Å²) in [6.07, 6.45) is 5.42. The minimum absolute atomic E-state index is 0.0193. The van der Waals surface area contributed by atoms with Gasteiger partial charge in [0.25, 0.3) is 0 Å². The molecule has 1 aliphatic heterocycles. The molecule has 110 valence electrons. The average Bonchev–Trinajstić information content (AvgIpc) is 2.91. The predicted octanol–water partition coefficient (Wildman–Crippen LogP) is 2.34. The molecule has 0 spiro atoms. The highest BCUT2D eigenvalue weighted by Crippen LogP contribution is 2.28. The van der Waals surface area contributed by atoms with E-state index < -0.39 is 5.54 Å². The molecule has 1 aliphatic rings. The lowest BCUT2D eigenvalue weighted by atomic mass is 9.91. The third-order valence-electron chi connectivity index (χ3n) is 3.66. The van der Waals surface area contributed by atoms with Crippen LogP contribution >= 0.6 is 0 Å². The number of ether oxygens (including phenoxy) is 1. The summed E-state index contributed by atoms with van der Waals surface area (Å²) >= 11 is 0. The summed E-state index contributed by atoms with van der Waals surface area (Å²) in [7, 11) is 0. The van der Waals surface area contributed by atoms with Gasteiger partial charge in [-0.05, 0) is 44.9 Å². The van der Waals surface area contributed by atoms with Crippen molar-refractivity contribution >= 4 is 11.6 Å². The molecule has 1 aromatic heterocycles. The van der Waals surface area contributed by atoms with Crippen molar-refractivity contribution in [3.8, 4) is 5.88 Å². The maximum atomic E-state index is 12.6. The minimum atomic E-state index is -0.436. The SMILES string of the molecule is CCCC1(C(=O)Nc2cccnc2OCC)CCCN1. The molecule has 1 atom stereocenters. The van der Waals surface area contributed by atoms with Crippen LogP contribution in [0, 0.1) is 0 Å². The molecule has 0 radical (unpaired) electrons. The van der Waals surface area contributed by atoms with Gasteiger partial charge in [0.1, 0.15) is 5.69 Å². The first-order valence-corrected chi connectivity index (χ1v) is 7.36. The number of carbonyl (C=O) groups is 1. The lowest BCUT2D eigenvalue weighted by molar-refractivity contribution is -0.122. The first-order chi connectivity index (χ1) is 9.72. The van der Waals surface area contributed by atoms with Gasteiger partial charge in [-0.3, -0.25) is 4.79 Å². The number of pyridine rings is 1. The van der Waals surface area contributed by atoms with E-state index in [9.17, 15) is 4.79 Å². The number of hydrogen-bond acceptors (Lipinski definition) is 4. The lowest BCUT2D eigenvalue weighted by Crippen LogP contribution is -2.50. The zero-order chi connectivity index (χ0) is 14.4. The Morgan fingerprint density at radius 2 is 2.40 bits per heavy atom. The molecule has 1 unspecified atom stereocenters. The summed E-state index contributed by atoms with van der Waals surface area (Å²) in [5.41, 5.74) is 0.206. The molecule has 1 saturated heterocycles. The van der Waals surface area contributed by atoms with E-state index in [0.717, 1.165) is 32.2 Å². The Hall–Kier alpha value is -1.62. The Morgan fingerprint density at radius 3 is 3.05 bits per heavy atom. The van der Waals surface area contributed by atoms with Crippen LogP contribution in [0.15, 0.2) is 18.3 Å². The highest BCUT2D eigenvalue weighted by Gasteiger charge is 2.40. The van der Waals surface area contributed by atoms with Crippen molar-refractivity contribution in [1.82, 2.24) is 10.3 Å². The molecular weight excluding hydrogens is 254 g/mol. The third-order valence-corrected chi connectivity index (χ3v) is 3.66. The van der Waals surface area contributed by atoms with Gasteiger partial charge in [0.05, 0.1) is 12.1 Å². The first-order valence-electron chi connectivity index (χ1n) is 7.36. The van der Waals surface area contributed by atoms with Gasteiger partial charge >= 0.3 is 0 Å². The molecule has 1 aromatic rings. The molecule has 0 aromatic carbocycles. The molecule has 1 fully saturated rings. The van der Waals surface area contributed by atoms with Gasteiger partial charge in [-0.2, -0.15) is 0 Å². The highest BCUT2D eigenvalue weighted by atomic mass is 16.5. The van der Waals surface area contributed by atoms with E-state index in [0.29, 0.717) is 18.2 Å². The zero-order valence-electron chi connectivity index (χ0n) is 12.2. The lowest BCUT2D eigenvalue weighted by Gasteiger charge is -2.28. The highest BCUT2D eigenvalue weighted by molar-refractivity contribution is 5.99. The summed E-state index contributed by atoms with van der Waals surface area (Å²) in [4.78, 5) is 16.8. The monoisotopic (exact) mass is 277 g/mol. The molecule has 5 nitrogen and oxygen atoms in total. The van der Waals surface area contributed by atoms with Crippen molar-refractivity contribution in [3.05, 3.63) is 18.3 Å². The molecule has 2 rings (SSSR count). The summed E-state index contributed by atoms with van der Waals surface area (Å²) in [5.74, 6) is 0.499. The molecule has 0 saturated carbocycles. The summed E-state index contributed by atoms with van der Waals surface area (Å²) < 4.78 is 5.45. The average molecular weight is 277 g/mol. The fourth-order valence-electron chi connectivity index (χ4n) is 2.73. The Morgan fingerprint density at radius 1 is 1.55 bits per heavy atom. The second-order valence-corrected chi connectivity index (χ2v) is 5.11. The minimum Gasteiger partial charge on any atom is -0.476 e. The van der Waals surface area contributed by atoms with E-state index in [4.69, 9.17) is 4.74 Å². The number of rotatable bonds is 6. The standard InChI is InChI=1S/C15H23N3O2/c1-3-8-15(9-6-11-17-15)14(19)18-12-7-5-10-16-13(12)20-4-2/h5,7,10,17H,3-4,6,8-9,11H2,1-2H3,(H,18,19). The Bertz CT molecular complexity index is 456. The zero-order valence-corrected chi connectivity index (χ0v) is 12.2.